The minimum absolute atomic E-state index is 0. The summed E-state index contributed by atoms with van der Waals surface area (Å²) in [5, 5.41) is 0. The van der Waals surface area contributed by atoms with Crippen LogP contribution in [0.1, 0.15) is 84.0 Å². The SMILES string of the molecule is C#CC#CC#CC#CC#CC(=O)OC[C@H](COP(=O)([O-])[O-])OC(=O)CCCCCCCCCCCCC.[Na+].[Na+]. The first-order chi connectivity index (χ1) is 17.8. The number of phosphoric ester groups is 1. The smallest absolute Gasteiger partial charge is 0.790 e. The Labute approximate surface area is 277 Å². The number of hydrogen-bond donors (Lipinski definition) is 0. The first-order valence-electron chi connectivity index (χ1n) is 12.3. The molecule has 0 fully saturated rings. The Balaban J connectivity index is -0.00000648. The van der Waals surface area contributed by atoms with Crippen LogP contribution in [0.3, 0.4) is 0 Å². The number of rotatable bonds is 18. The molecule has 1 atom stereocenters. The second-order valence-electron chi connectivity index (χ2n) is 7.88. The van der Waals surface area contributed by atoms with Crippen molar-refractivity contribution in [1.82, 2.24) is 0 Å². The van der Waals surface area contributed by atoms with Gasteiger partial charge >= 0.3 is 71.1 Å². The number of carbonyl (C=O) groups is 2. The monoisotopic (exact) mass is 574 g/mol. The van der Waals surface area contributed by atoms with E-state index in [4.69, 9.17) is 15.9 Å². The standard InChI is InChI=1S/C28H35O8P.2Na/c1-3-5-7-9-11-13-14-15-17-19-21-23-28(30)36-26(25-35-37(31,32)33)24-34-27(29)22-20-18-16-12-10-8-6-4-2;;/h2,26H,3,5,7,9,11,13-15,17,19,21,23-25H2,1H3,(H2,31,32,33);;/q;2*+1/p-2/t26-;;/m1../s1. The number of ether oxygens (including phenoxy) is 2. The van der Waals surface area contributed by atoms with Gasteiger partial charge in [0, 0.05) is 12.3 Å². The fourth-order valence-electron chi connectivity index (χ4n) is 2.95. The van der Waals surface area contributed by atoms with Crippen LogP contribution in [0.5, 0.6) is 0 Å². The van der Waals surface area contributed by atoms with E-state index in [0.29, 0.717) is 6.42 Å². The van der Waals surface area contributed by atoms with Crippen molar-refractivity contribution >= 4 is 19.8 Å². The Morgan fingerprint density at radius 2 is 1.26 bits per heavy atom. The summed E-state index contributed by atoms with van der Waals surface area (Å²) in [6.45, 7) is 0.875. The van der Waals surface area contributed by atoms with Gasteiger partial charge in [-0.25, -0.2) is 4.79 Å². The molecule has 0 aliphatic rings. The molecule has 0 unspecified atom stereocenters. The molecule has 0 aliphatic carbocycles. The maximum atomic E-state index is 12.1. The van der Waals surface area contributed by atoms with Gasteiger partial charge in [0.05, 0.1) is 14.4 Å². The molecule has 0 aliphatic heterocycles. The van der Waals surface area contributed by atoms with Gasteiger partial charge in [0.25, 0.3) is 0 Å². The molecule has 0 aromatic carbocycles. The van der Waals surface area contributed by atoms with Gasteiger partial charge in [0.15, 0.2) is 6.10 Å². The van der Waals surface area contributed by atoms with E-state index in [2.05, 4.69) is 64.7 Å². The molecule has 11 heteroatoms. The number of phosphoric acid groups is 1. The van der Waals surface area contributed by atoms with Crippen LogP contribution in [0.25, 0.3) is 0 Å². The van der Waals surface area contributed by atoms with E-state index in [1.807, 2.05) is 0 Å². The summed E-state index contributed by atoms with van der Waals surface area (Å²) in [6, 6.07) is 0. The summed E-state index contributed by atoms with van der Waals surface area (Å²) in [5.74, 6) is 18.6. The zero-order valence-electron chi connectivity index (χ0n) is 23.3. The third kappa shape index (κ3) is 33.0. The summed E-state index contributed by atoms with van der Waals surface area (Å²) in [4.78, 5) is 45.3. The topological polar surface area (TPSA) is 125 Å². The van der Waals surface area contributed by atoms with Crippen LogP contribution in [0.2, 0.25) is 0 Å². The normalized spacial score (nSPS) is 9.90. The van der Waals surface area contributed by atoms with Crippen LogP contribution in [-0.4, -0.2) is 31.3 Å². The van der Waals surface area contributed by atoms with Gasteiger partial charge in [-0.15, -0.1) is 6.42 Å². The zero-order chi connectivity index (χ0) is 27.6. The molecule has 0 saturated heterocycles. The van der Waals surface area contributed by atoms with E-state index in [0.717, 1.165) is 19.3 Å². The number of hydrogen-bond acceptors (Lipinski definition) is 8. The van der Waals surface area contributed by atoms with E-state index in [9.17, 15) is 23.9 Å². The fourth-order valence-corrected chi connectivity index (χ4v) is 3.30. The maximum Gasteiger partial charge on any atom is 1.00 e. The Morgan fingerprint density at radius 1 is 0.769 bits per heavy atom. The molecular weight excluding hydrogens is 541 g/mol. The molecule has 0 N–H and O–H groups in total. The van der Waals surface area contributed by atoms with Crippen LogP contribution in [-0.2, 0) is 28.2 Å². The van der Waals surface area contributed by atoms with Gasteiger partial charge in [0.2, 0.25) is 0 Å². The van der Waals surface area contributed by atoms with Crippen LogP contribution in [0.15, 0.2) is 0 Å². The summed E-state index contributed by atoms with van der Waals surface area (Å²) in [6.07, 6.45) is 16.1. The largest absolute Gasteiger partial charge is 1.00 e. The molecule has 200 valence electrons. The Bertz CT molecular complexity index is 1030. The first-order valence-corrected chi connectivity index (χ1v) is 13.7. The molecule has 0 bridgehead atoms. The van der Waals surface area contributed by atoms with Crippen LogP contribution < -0.4 is 68.9 Å². The van der Waals surface area contributed by atoms with Gasteiger partial charge in [-0.05, 0) is 53.8 Å². The molecular formula is C28H33Na2O8P. The van der Waals surface area contributed by atoms with Crippen molar-refractivity contribution in [3.05, 3.63) is 0 Å². The van der Waals surface area contributed by atoms with Crippen molar-refractivity contribution in [2.45, 2.75) is 90.1 Å². The molecule has 0 rings (SSSR count). The van der Waals surface area contributed by atoms with Gasteiger partial charge < -0.3 is 28.3 Å². The van der Waals surface area contributed by atoms with E-state index < -0.39 is 39.1 Å². The summed E-state index contributed by atoms with van der Waals surface area (Å²) in [5.41, 5.74) is 0. The Morgan fingerprint density at radius 3 is 1.77 bits per heavy atom. The Kier molecular flexibility index (Phi) is 32.4. The predicted octanol–water partition coefficient (Wildman–Crippen LogP) is -3.36. The van der Waals surface area contributed by atoms with Crippen molar-refractivity contribution in [2.75, 3.05) is 13.2 Å². The average molecular weight is 575 g/mol. The quantitative estimate of drug-likeness (QED) is 0.0416. The van der Waals surface area contributed by atoms with Crippen LogP contribution in [0, 0.1) is 59.7 Å². The van der Waals surface area contributed by atoms with Gasteiger partial charge in [0.1, 0.15) is 6.61 Å². The second kappa shape index (κ2) is 29.8. The third-order valence-electron chi connectivity index (χ3n) is 4.71. The predicted molar refractivity (Wildman–Crippen MR) is 135 cm³/mol. The zero-order valence-corrected chi connectivity index (χ0v) is 28.2. The summed E-state index contributed by atoms with van der Waals surface area (Å²) < 4.78 is 24.9. The molecule has 0 spiro atoms. The minimum atomic E-state index is -5.31. The molecule has 0 amide bonds. The summed E-state index contributed by atoms with van der Waals surface area (Å²) in [7, 11) is -5.31. The van der Waals surface area contributed by atoms with Crippen LogP contribution >= 0.6 is 7.82 Å². The van der Waals surface area contributed by atoms with E-state index in [1.165, 1.54) is 44.9 Å². The molecule has 39 heavy (non-hydrogen) atoms. The molecule has 0 aromatic rings. The van der Waals surface area contributed by atoms with Gasteiger partial charge in [-0.3, -0.25) is 4.79 Å². The van der Waals surface area contributed by atoms with E-state index in [-0.39, 0.29) is 65.5 Å². The molecule has 0 radical (unpaired) electrons. The average Bonchev–Trinajstić information content (AvgIpc) is 2.85. The van der Waals surface area contributed by atoms with Crippen molar-refractivity contribution < 1.29 is 97.1 Å². The van der Waals surface area contributed by atoms with E-state index >= 15 is 0 Å². The van der Waals surface area contributed by atoms with Crippen molar-refractivity contribution in [3.63, 3.8) is 0 Å². The van der Waals surface area contributed by atoms with Crippen LogP contribution in [0.4, 0.5) is 0 Å². The molecule has 8 nitrogen and oxygen atoms in total. The number of terminal acetylenes is 1. The minimum Gasteiger partial charge on any atom is -0.790 e. The van der Waals surface area contributed by atoms with Crippen molar-refractivity contribution in [3.8, 4) is 59.7 Å². The number of unbranched alkanes of at least 4 members (excludes halogenated alkanes) is 10. The molecule has 0 aromatic heterocycles. The Hall–Kier alpha value is -1.15. The van der Waals surface area contributed by atoms with E-state index in [1.54, 1.807) is 0 Å². The number of esters is 2. The first kappa shape index (κ1) is 42.3. The fraction of sp³-hybridized carbons (Fsp3) is 0.571. The van der Waals surface area contributed by atoms with Gasteiger partial charge in [-0.1, -0.05) is 71.1 Å². The molecule has 0 heterocycles. The van der Waals surface area contributed by atoms with Gasteiger partial charge in [-0.2, -0.15) is 0 Å². The maximum absolute atomic E-state index is 12.1. The summed E-state index contributed by atoms with van der Waals surface area (Å²) >= 11 is 0. The van der Waals surface area contributed by atoms with Crippen molar-refractivity contribution in [2.24, 2.45) is 0 Å². The van der Waals surface area contributed by atoms with Crippen molar-refractivity contribution in [1.29, 1.82) is 0 Å². The molecule has 0 saturated carbocycles. The second-order valence-corrected chi connectivity index (χ2v) is 9.04. The number of carbonyl (C=O) groups excluding carboxylic acids is 2. The third-order valence-corrected chi connectivity index (χ3v) is 5.18.